The van der Waals surface area contributed by atoms with Gasteiger partial charge in [-0.2, -0.15) is 4.72 Å². The zero-order valence-electron chi connectivity index (χ0n) is 12.2. The predicted molar refractivity (Wildman–Crippen MR) is 89.8 cm³/mol. The first-order chi connectivity index (χ1) is 11.3. The van der Waals surface area contributed by atoms with Crippen LogP contribution >= 0.6 is 11.6 Å². The first kappa shape index (κ1) is 17.9. The van der Waals surface area contributed by atoms with Gasteiger partial charge >= 0.3 is 0 Å². The van der Waals surface area contributed by atoms with Crippen LogP contribution in [0.4, 0.5) is 10.1 Å². The fourth-order valence-corrected chi connectivity index (χ4v) is 2.96. The van der Waals surface area contributed by atoms with Crippen LogP contribution < -0.4 is 10.0 Å². The maximum Gasteiger partial charge on any atom is 0.255 e. The van der Waals surface area contributed by atoms with Gasteiger partial charge in [0.1, 0.15) is 5.82 Å². The van der Waals surface area contributed by atoms with Crippen LogP contribution in [0, 0.1) is 18.2 Å². The van der Waals surface area contributed by atoms with Gasteiger partial charge in [0.2, 0.25) is 10.0 Å². The standard InChI is InChI=1S/C16H12ClFN2O3S/c1-2-8-19-24(22,23)13-5-3-4-11(9-13)16(21)20-12-6-7-15(18)14(17)10-12/h1,3-7,9-10,19H,8H2,(H,20,21). The van der Waals surface area contributed by atoms with Crippen LogP contribution in [0.5, 0.6) is 0 Å². The number of nitrogens with one attached hydrogen (secondary N) is 2. The van der Waals surface area contributed by atoms with Crippen molar-refractivity contribution in [2.45, 2.75) is 4.90 Å². The minimum atomic E-state index is -3.81. The van der Waals surface area contributed by atoms with Crippen molar-refractivity contribution in [2.24, 2.45) is 0 Å². The van der Waals surface area contributed by atoms with Crippen molar-refractivity contribution in [3.05, 3.63) is 58.9 Å². The summed E-state index contributed by atoms with van der Waals surface area (Å²) >= 11 is 5.65. The van der Waals surface area contributed by atoms with Crippen LogP contribution in [0.1, 0.15) is 10.4 Å². The van der Waals surface area contributed by atoms with Crippen molar-refractivity contribution in [1.82, 2.24) is 4.72 Å². The number of halogens is 2. The number of anilines is 1. The van der Waals surface area contributed by atoms with E-state index in [1.54, 1.807) is 0 Å². The van der Waals surface area contributed by atoms with Gasteiger partial charge in [-0.1, -0.05) is 23.6 Å². The summed E-state index contributed by atoms with van der Waals surface area (Å²) in [6, 6.07) is 9.13. The van der Waals surface area contributed by atoms with Crippen molar-refractivity contribution in [2.75, 3.05) is 11.9 Å². The van der Waals surface area contributed by atoms with E-state index in [0.717, 1.165) is 6.07 Å². The molecule has 124 valence electrons. The first-order valence-electron chi connectivity index (χ1n) is 6.63. The predicted octanol–water partition coefficient (Wildman–Crippen LogP) is 2.64. The summed E-state index contributed by atoms with van der Waals surface area (Å²) in [6.45, 7) is -0.160. The number of hydrogen-bond donors (Lipinski definition) is 2. The van der Waals surface area contributed by atoms with Gasteiger partial charge in [0.05, 0.1) is 16.5 Å². The minimum Gasteiger partial charge on any atom is -0.322 e. The monoisotopic (exact) mass is 366 g/mol. The Labute approximate surface area is 143 Å². The molecule has 5 nitrogen and oxygen atoms in total. The number of sulfonamides is 1. The summed E-state index contributed by atoms with van der Waals surface area (Å²) in [5, 5.41) is 2.37. The lowest BCUT2D eigenvalue weighted by Crippen LogP contribution is -2.24. The molecule has 24 heavy (non-hydrogen) atoms. The Morgan fingerprint density at radius 2 is 2.00 bits per heavy atom. The third-order valence-corrected chi connectivity index (χ3v) is 4.64. The van der Waals surface area contributed by atoms with Crippen LogP contribution in [-0.4, -0.2) is 20.9 Å². The summed E-state index contributed by atoms with van der Waals surface area (Å²) < 4.78 is 39.3. The average Bonchev–Trinajstić information content (AvgIpc) is 2.56. The number of amides is 1. The molecular formula is C16H12ClFN2O3S. The Morgan fingerprint density at radius 1 is 1.25 bits per heavy atom. The Balaban J connectivity index is 2.23. The zero-order chi connectivity index (χ0) is 17.7. The van der Waals surface area contributed by atoms with Crippen molar-refractivity contribution in [1.29, 1.82) is 0 Å². The second-order valence-electron chi connectivity index (χ2n) is 4.64. The summed E-state index contributed by atoms with van der Waals surface area (Å²) in [4.78, 5) is 12.1. The van der Waals surface area contributed by atoms with Crippen LogP contribution in [0.2, 0.25) is 5.02 Å². The van der Waals surface area contributed by atoms with E-state index in [1.165, 1.54) is 36.4 Å². The van der Waals surface area contributed by atoms with Gasteiger partial charge in [-0.05, 0) is 36.4 Å². The summed E-state index contributed by atoms with van der Waals surface area (Å²) in [5.41, 5.74) is 0.393. The number of hydrogen-bond acceptors (Lipinski definition) is 3. The van der Waals surface area contributed by atoms with E-state index >= 15 is 0 Å². The SMILES string of the molecule is C#CCNS(=O)(=O)c1cccc(C(=O)Nc2ccc(F)c(Cl)c2)c1. The number of terminal acetylenes is 1. The fraction of sp³-hybridized carbons (Fsp3) is 0.0625. The van der Waals surface area contributed by atoms with Crippen molar-refractivity contribution in [3.8, 4) is 12.3 Å². The molecule has 0 spiro atoms. The van der Waals surface area contributed by atoms with Gasteiger partial charge in [-0.3, -0.25) is 4.79 Å². The van der Waals surface area contributed by atoms with E-state index in [0.29, 0.717) is 0 Å². The van der Waals surface area contributed by atoms with E-state index in [9.17, 15) is 17.6 Å². The van der Waals surface area contributed by atoms with Crippen molar-refractivity contribution < 1.29 is 17.6 Å². The molecule has 2 aromatic rings. The smallest absolute Gasteiger partial charge is 0.255 e. The Bertz CT molecular complexity index is 923. The van der Waals surface area contributed by atoms with Crippen molar-refractivity contribution in [3.63, 3.8) is 0 Å². The normalized spacial score (nSPS) is 10.9. The summed E-state index contributed by atoms with van der Waals surface area (Å²) in [5.74, 6) is 0.989. The van der Waals surface area contributed by atoms with Gasteiger partial charge in [0, 0.05) is 11.3 Å². The molecule has 0 atom stereocenters. The molecule has 0 aliphatic rings. The quantitative estimate of drug-likeness (QED) is 0.799. The molecule has 0 heterocycles. The molecule has 8 heteroatoms. The minimum absolute atomic E-state index is 0.0949. The lowest BCUT2D eigenvalue weighted by molar-refractivity contribution is 0.102. The molecule has 0 aliphatic carbocycles. The number of benzene rings is 2. The maximum absolute atomic E-state index is 13.1. The third kappa shape index (κ3) is 4.32. The number of rotatable bonds is 5. The Kier molecular flexibility index (Phi) is 5.57. The molecule has 0 bridgehead atoms. The highest BCUT2D eigenvalue weighted by Gasteiger charge is 2.16. The largest absolute Gasteiger partial charge is 0.322 e. The lowest BCUT2D eigenvalue weighted by atomic mass is 10.2. The molecule has 1 amide bonds. The van der Waals surface area contributed by atoms with Crippen LogP contribution in [0.3, 0.4) is 0 Å². The highest BCUT2D eigenvalue weighted by molar-refractivity contribution is 7.89. The molecule has 0 saturated heterocycles. The van der Waals surface area contributed by atoms with Crippen LogP contribution in [0.25, 0.3) is 0 Å². The van der Waals surface area contributed by atoms with Gasteiger partial charge < -0.3 is 5.32 Å². The number of carbonyl (C=O) groups excluding carboxylic acids is 1. The first-order valence-corrected chi connectivity index (χ1v) is 8.49. The maximum atomic E-state index is 13.1. The van der Waals surface area contributed by atoms with Gasteiger partial charge in [-0.25, -0.2) is 12.8 Å². The topological polar surface area (TPSA) is 75.3 Å². The van der Waals surface area contributed by atoms with E-state index in [-0.39, 0.29) is 27.7 Å². The van der Waals surface area contributed by atoms with E-state index in [1.807, 2.05) is 0 Å². The average molecular weight is 367 g/mol. The molecule has 0 aromatic heterocycles. The van der Waals surface area contributed by atoms with E-state index in [2.05, 4.69) is 16.0 Å². The lowest BCUT2D eigenvalue weighted by Gasteiger charge is -2.08. The van der Waals surface area contributed by atoms with Crippen LogP contribution in [0.15, 0.2) is 47.4 Å². The van der Waals surface area contributed by atoms with Gasteiger partial charge in [0.15, 0.2) is 0 Å². The van der Waals surface area contributed by atoms with E-state index < -0.39 is 21.7 Å². The second kappa shape index (κ2) is 7.45. The highest BCUT2D eigenvalue weighted by atomic mass is 35.5. The summed E-state index contributed by atoms with van der Waals surface area (Å²) in [7, 11) is -3.81. The Morgan fingerprint density at radius 3 is 2.67 bits per heavy atom. The molecule has 0 radical (unpaired) electrons. The highest BCUT2D eigenvalue weighted by Crippen LogP contribution is 2.20. The van der Waals surface area contributed by atoms with Crippen molar-refractivity contribution >= 4 is 33.2 Å². The second-order valence-corrected chi connectivity index (χ2v) is 6.81. The van der Waals surface area contributed by atoms with Crippen LogP contribution in [-0.2, 0) is 10.0 Å². The molecule has 2 N–H and O–H groups in total. The van der Waals surface area contributed by atoms with E-state index in [4.69, 9.17) is 18.0 Å². The molecule has 2 aromatic carbocycles. The molecular weight excluding hydrogens is 355 g/mol. The van der Waals surface area contributed by atoms with Gasteiger partial charge in [-0.15, -0.1) is 6.42 Å². The summed E-state index contributed by atoms with van der Waals surface area (Å²) in [6.07, 6.45) is 5.02. The zero-order valence-corrected chi connectivity index (χ0v) is 13.8. The molecule has 0 aliphatic heterocycles. The molecule has 0 saturated carbocycles. The Hall–Kier alpha value is -2.40. The fourth-order valence-electron chi connectivity index (χ4n) is 1.80. The molecule has 2 rings (SSSR count). The third-order valence-electron chi connectivity index (χ3n) is 2.95. The van der Waals surface area contributed by atoms with Gasteiger partial charge in [0.25, 0.3) is 5.91 Å². The molecule has 0 unspecified atom stereocenters. The molecule has 0 fully saturated rings. The number of carbonyl (C=O) groups is 1.